The second kappa shape index (κ2) is 9.06. The molecule has 0 aliphatic rings. The Morgan fingerprint density at radius 1 is 1.00 bits per heavy atom. The van der Waals surface area contributed by atoms with Crippen LogP contribution in [0.5, 0.6) is 0 Å². The van der Waals surface area contributed by atoms with Crippen LogP contribution in [-0.4, -0.2) is 39.5 Å². The summed E-state index contributed by atoms with van der Waals surface area (Å²) in [6.45, 7) is -2.04. The van der Waals surface area contributed by atoms with Crippen molar-refractivity contribution in [3.05, 3.63) is 47.3 Å². The number of carbonyl (C=O) groups excluding carboxylic acids is 2. The minimum Gasteiger partial charge on any atom is -0.347 e. The van der Waals surface area contributed by atoms with Gasteiger partial charge in [-0.25, -0.2) is 8.42 Å². The number of nitrogens with one attached hydrogen (secondary N) is 3. The number of amides is 2. The van der Waals surface area contributed by atoms with Crippen molar-refractivity contribution in [3.8, 4) is 0 Å². The van der Waals surface area contributed by atoms with Crippen LogP contribution >= 0.6 is 11.3 Å². The molecule has 2 amide bonds. The molecule has 0 spiro atoms. The summed E-state index contributed by atoms with van der Waals surface area (Å²) in [7, 11) is -3.68. The topological polar surface area (TPSA) is 104 Å². The number of hydrogen-bond donors (Lipinski definition) is 3. The third-order valence-corrected chi connectivity index (χ3v) is 6.04. The molecule has 0 aliphatic carbocycles. The number of rotatable bonds is 8. The van der Waals surface area contributed by atoms with Crippen molar-refractivity contribution in [1.29, 1.82) is 0 Å². The lowest BCUT2D eigenvalue weighted by molar-refractivity contribution is -0.138. The van der Waals surface area contributed by atoms with E-state index in [0.29, 0.717) is 11.3 Å². The van der Waals surface area contributed by atoms with Gasteiger partial charge in [0.05, 0.1) is 13.0 Å². The first-order valence-corrected chi connectivity index (χ1v) is 10.2. The minimum absolute atomic E-state index is 0.121. The van der Waals surface area contributed by atoms with Crippen molar-refractivity contribution in [1.82, 2.24) is 10.6 Å². The zero-order valence-corrected chi connectivity index (χ0v) is 15.9. The Bertz CT molecular complexity index is 912. The Balaban J connectivity index is 1.82. The lowest BCUT2D eigenvalue weighted by Gasteiger charge is -2.10. The largest absolute Gasteiger partial charge is 0.405 e. The monoisotopic (exact) mass is 435 g/mol. The van der Waals surface area contributed by atoms with Crippen molar-refractivity contribution in [2.45, 2.75) is 16.8 Å². The van der Waals surface area contributed by atoms with E-state index in [9.17, 15) is 31.2 Å². The Morgan fingerprint density at radius 2 is 1.68 bits per heavy atom. The molecule has 1 aromatic carbocycles. The van der Waals surface area contributed by atoms with Crippen molar-refractivity contribution >= 4 is 38.9 Å². The number of hydrogen-bond acceptors (Lipinski definition) is 5. The molecule has 2 rings (SSSR count). The molecular weight excluding hydrogens is 419 g/mol. The summed E-state index contributed by atoms with van der Waals surface area (Å²) < 4.78 is 62.7. The van der Waals surface area contributed by atoms with E-state index in [2.05, 4.69) is 10.0 Å². The molecular formula is C16H16F3N3O4S2. The molecule has 28 heavy (non-hydrogen) atoms. The molecule has 0 aliphatic heterocycles. The van der Waals surface area contributed by atoms with Gasteiger partial charge in [-0.3, -0.25) is 14.3 Å². The van der Waals surface area contributed by atoms with Crippen molar-refractivity contribution < 1.29 is 31.2 Å². The molecule has 1 aromatic heterocycles. The highest BCUT2D eigenvalue weighted by molar-refractivity contribution is 7.94. The highest BCUT2D eigenvalue weighted by Crippen LogP contribution is 2.20. The van der Waals surface area contributed by atoms with Gasteiger partial charge in [0.15, 0.2) is 0 Å². The van der Waals surface area contributed by atoms with Gasteiger partial charge in [-0.2, -0.15) is 13.2 Å². The lowest BCUT2D eigenvalue weighted by atomic mass is 10.1. The first kappa shape index (κ1) is 21.7. The Labute approximate surface area is 163 Å². The van der Waals surface area contributed by atoms with E-state index in [1.165, 1.54) is 30.3 Å². The molecule has 152 valence electrons. The van der Waals surface area contributed by atoms with Gasteiger partial charge in [-0.05, 0) is 29.1 Å². The molecule has 12 heteroatoms. The normalized spacial score (nSPS) is 11.7. The quantitative estimate of drug-likeness (QED) is 0.589. The summed E-state index contributed by atoms with van der Waals surface area (Å²) in [4.78, 5) is 23.0. The Hall–Kier alpha value is -2.60. The van der Waals surface area contributed by atoms with Gasteiger partial charge in [-0.1, -0.05) is 18.2 Å². The predicted molar refractivity (Wildman–Crippen MR) is 97.3 cm³/mol. The molecule has 0 atom stereocenters. The maximum atomic E-state index is 12.1. The average Bonchev–Trinajstić information content (AvgIpc) is 3.15. The van der Waals surface area contributed by atoms with Crippen LogP contribution in [-0.2, 0) is 26.0 Å². The van der Waals surface area contributed by atoms with E-state index < -0.39 is 41.1 Å². The van der Waals surface area contributed by atoms with Crippen LogP contribution in [0.15, 0.2) is 46.0 Å². The van der Waals surface area contributed by atoms with Gasteiger partial charge in [-0.15, -0.1) is 11.3 Å². The fourth-order valence-electron chi connectivity index (χ4n) is 2.00. The number of anilines is 1. The van der Waals surface area contributed by atoms with E-state index in [4.69, 9.17) is 0 Å². The summed E-state index contributed by atoms with van der Waals surface area (Å²) in [5, 5.41) is 5.49. The molecule has 0 unspecified atom stereocenters. The van der Waals surface area contributed by atoms with Crippen LogP contribution in [0.2, 0.25) is 0 Å². The molecule has 0 saturated heterocycles. The maximum Gasteiger partial charge on any atom is 0.405 e. The fraction of sp³-hybridized carbons (Fsp3) is 0.250. The maximum absolute atomic E-state index is 12.1. The van der Waals surface area contributed by atoms with E-state index in [1.54, 1.807) is 16.8 Å². The van der Waals surface area contributed by atoms with Gasteiger partial charge >= 0.3 is 6.18 Å². The molecule has 3 N–H and O–H groups in total. The van der Waals surface area contributed by atoms with Crippen LogP contribution in [0.4, 0.5) is 18.9 Å². The molecule has 2 aromatic rings. The van der Waals surface area contributed by atoms with E-state index in [-0.39, 0.29) is 10.6 Å². The van der Waals surface area contributed by atoms with Crippen LogP contribution < -0.4 is 15.4 Å². The SMILES string of the molecule is O=C(CNC(=O)Cc1ccc(NS(=O)(=O)c2cccs2)cc1)NCC(F)(F)F. The van der Waals surface area contributed by atoms with E-state index in [0.717, 1.165) is 11.3 Å². The summed E-state index contributed by atoms with van der Waals surface area (Å²) in [6.07, 6.45) is -4.64. The minimum atomic E-state index is -4.52. The van der Waals surface area contributed by atoms with Crippen LogP contribution in [0.1, 0.15) is 5.56 Å². The second-order valence-corrected chi connectivity index (χ2v) is 8.44. The highest BCUT2D eigenvalue weighted by Gasteiger charge is 2.27. The smallest absolute Gasteiger partial charge is 0.347 e. The van der Waals surface area contributed by atoms with Crippen molar-refractivity contribution in [2.24, 2.45) is 0 Å². The lowest BCUT2D eigenvalue weighted by Crippen LogP contribution is -2.41. The summed E-state index contributed by atoms with van der Waals surface area (Å²) in [5.41, 5.74) is 0.844. The molecule has 0 saturated carbocycles. The number of carbonyl (C=O) groups is 2. The number of thiophene rings is 1. The van der Waals surface area contributed by atoms with E-state index in [1.807, 2.05) is 0 Å². The zero-order valence-electron chi connectivity index (χ0n) is 14.2. The van der Waals surface area contributed by atoms with Gasteiger partial charge in [0, 0.05) is 5.69 Å². The Kier molecular flexibility index (Phi) is 7.02. The third-order valence-electron chi connectivity index (χ3n) is 3.26. The highest BCUT2D eigenvalue weighted by atomic mass is 32.2. The first-order valence-electron chi connectivity index (χ1n) is 7.80. The first-order chi connectivity index (χ1) is 13.0. The predicted octanol–water partition coefficient (Wildman–Crippen LogP) is 1.89. The van der Waals surface area contributed by atoms with E-state index >= 15 is 0 Å². The molecule has 0 fully saturated rings. The summed E-state index contributed by atoms with van der Waals surface area (Å²) >= 11 is 1.07. The van der Waals surface area contributed by atoms with Crippen LogP contribution in [0.3, 0.4) is 0 Å². The van der Waals surface area contributed by atoms with Crippen molar-refractivity contribution in [2.75, 3.05) is 17.8 Å². The van der Waals surface area contributed by atoms with Crippen LogP contribution in [0.25, 0.3) is 0 Å². The second-order valence-electron chi connectivity index (χ2n) is 5.58. The molecule has 0 radical (unpaired) electrons. The van der Waals surface area contributed by atoms with Crippen molar-refractivity contribution in [3.63, 3.8) is 0 Å². The van der Waals surface area contributed by atoms with Gasteiger partial charge in [0.25, 0.3) is 10.0 Å². The Morgan fingerprint density at radius 3 is 2.25 bits per heavy atom. The average molecular weight is 435 g/mol. The molecule has 0 bridgehead atoms. The summed E-state index contributed by atoms with van der Waals surface area (Å²) in [6, 6.07) is 9.08. The fourth-order valence-corrected chi connectivity index (χ4v) is 4.05. The summed E-state index contributed by atoms with van der Waals surface area (Å²) in [5.74, 6) is -1.52. The number of sulfonamides is 1. The number of alkyl halides is 3. The standard InChI is InChI=1S/C16H16F3N3O4S2/c17-16(18,19)10-21-14(24)9-20-13(23)8-11-3-5-12(6-4-11)22-28(25,26)15-2-1-7-27-15/h1-7,22H,8-10H2,(H,20,23)(H,21,24). The van der Waals surface area contributed by atoms with Gasteiger partial charge < -0.3 is 10.6 Å². The number of halogens is 3. The zero-order chi connectivity index (χ0) is 20.8. The molecule has 1 heterocycles. The van der Waals surface area contributed by atoms with Gasteiger partial charge in [0.1, 0.15) is 10.8 Å². The van der Waals surface area contributed by atoms with Gasteiger partial charge in [0.2, 0.25) is 11.8 Å². The number of benzene rings is 1. The molecule has 7 nitrogen and oxygen atoms in total. The van der Waals surface area contributed by atoms with Crippen LogP contribution in [0, 0.1) is 0 Å². The third kappa shape index (κ3) is 7.19.